The van der Waals surface area contributed by atoms with Crippen LogP contribution in [0, 0.1) is 20.8 Å². The fourth-order valence-electron chi connectivity index (χ4n) is 2.45. The van der Waals surface area contributed by atoms with Crippen LogP contribution in [0.2, 0.25) is 0 Å². The molecule has 0 atom stereocenters. The molecule has 106 valence electrons. The summed E-state index contributed by atoms with van der Waals surface area (Å²) in [6.07, 6.45) is 0. The number of aryl methyl sites for hydroxylation is 3. The molecular formula is C18H18N2O. The van der Waals surface area contributed by atoms with E-state index in [2.05, 4.69) is 18.0 Å². The summed E-state index contributed by atoms with van der Waals surface area (Å²) in [5.41, 5.74) is 10.7. The van der Waals surface area contributed by atoms with Gasteiger partial charge in [0.25, 0.3) is 0 Å². The Balaban J connectivity index is 2.13. The van der Waals surface area contributed by atoms with Crippen LogP contribution >= 0.6 is 0 Å². The Bertz CT molecular complexity index is 825. The number of pyridine rings is 1. The molecule has 0 saturated heterocycles. The second kappa shape index (κ2) is 5.09. The molecule has 0 amide bonds. The van der Waals surface area contributed by atoms with Crippen molar-refractivity contribution in [3.05, 3.63) is 59.3 Å². The summed E-state index contributed by atoms with van der Waals surface area (Å²) in [5, 5.41) is 0.931. The number of hydrogen-bond acceptors (Lipinski definition) is 3. The molecule has 0 radical (unpaired) electrons. The van der Waals surface area contributed by atoms with Gasteiger partial charge in [-0.1, -0.05) is 17.7 Å². The average Bonchev–Trinajstić information content (AvgIpc) is 2.42. The Morgan fingerprint density at radius 3 is 2.48 bits per heavy atom. The Morgan fingerprint density at radius 1 is 0.905 bits per heavy atom. The van der Waals surface area contributed by atoms with E-state index < -0.39 is 0 Å². The van der Waals surface area contributed by atoms with Gasteiger partial charge < -0.3 is 10.5 Å². The summed E-state index contributed by atoms with van der Waals surface area (Å²) < 4.78 is 6.12. The summed E-state index contributed by atoms with van der Waals surface area (Å²) in [5.74, 6) is 1.65. The van der Waals surface area contributed by atoms with Crippen molar-refractivity contribution >= 4 is 16.6 Å². The number of nitrogens with two attached hydrogens (primary N) is 1. The van der Waals surface area contributed by atoms with E-state index in [0.29, 0.717) is 5.69 Å². The third-order valence-corrected chi connectivity index (χ3v) is 3.47. The maximum Gasteiger partial charge on any atom is 0.138 e. The Hall–Kier alpha value is -2.55. The van der Waals surface area contributed by atoms with Crippen LogP contribution in [-0.2, 0) is 0 Å². The lowest BCUT2D eigenvalue weighted by Crippen LogP contribution is -1.94. The maximum absolute atomic E-state index is 6.12. The highest BCUT2D eigenvalue weighted by Crippen LogP contribution is 2.32. The lowest BCUT2D eigenvalue weighted by atomic mass is 10.1. The minimum atomic E-state index is 0.707. The van der Waals surface area contributed by atoms with Crippen LogP contribution in [0.1, 0.15) is 16.8 Å². The molecule has 0 aliphatic rings. The summed E-state index contributed by atoms with van der Waals surface area (Å²) in [6, 6.07) is 13.8. The molecule has 3 nitrogen and oxygen atoms in total. The number of anilines is 1. The molecule has 0 bridgehead atoms. The SMILES string of the molecule is Cc1ccc(Oc2cc(C)nc3ccc(N)cc23)c(C)c1. The molecule has 3 aromatic rings. The molecule has 1 aromatic heterocycles. The zero-order chi connectivity index (χ0) is 15.0. The van der Waals surface area contributed by atoms with Gasteiger partial charge in [-0.05, 0) is 50.6 Å². The van der Waals surface area contributed by atoms with Gasteiger partial charge in [-0.25, -0.2) is 0 Å². The molecule has 0 fully saturated rings. The first kappa shape index (κ1) is 13.4. The van der Waals surface area contributed by atoms with Gasteiger partial charge in [0.1, 0.15) is 11.5 Å². The summed E-state index contributed by atoms with van der Waals surface area (Å²) in [6.45, 7) is 6.08. The number of hydrogen-bond donors (Lipinski definition) is 1. The predicted molar refractivity (Wildman–Crippen MR) is 86.9 cm³/mol. The Morgan fingerprint density at radius 2 is 1.71 bits per heavy atom. The Kier molecular flexibility index (Phi) is 3.26. The quantitative estimate of drug-likeness (QED) is 0.700. The van der Waals surface area contributed by atoms with Gasteiger partial charge in [0.05, 0.1) is 5.52 Å². The number of aromatic nitrogens is 1. The van der Waals surface area contributed by atoms with E-state index in [0.717, 1.165) is 33.7 Å². The van der Waals surface area contributed by atoms with E-state index in [1.54, 1.807) is 0 Å². The van der Waals surface area contributed by atoms with E-state index in [1.807, 2.05) is 50.2 Å². The number of ether oxygens (including phenoxy) is 1. The lowest BCUT2D eigenvalue weighted by molar-refractivity contribution is 0.483. The highest BCUT2D eigenvalue weighted by atomic mass is 16.5. The van der Waals surface area contributed by atoms with Gasteiger partial charge in [-0.3, -0.25) is 4.98 Å². The van der Waals surface area contributed by atoms with Gasteiger partial charge in [0, 0.05) is 22.8 Å². The minimum Gasteiger partial charge on any atom is -0.456 e. The van der Waals surface area contributed by atoms with E-state index in [-0.39, 0.29) is 0 Å². The van der Waals surface area contributed by atoms with Crippen LogP contribution in [0.15, 0.2) is 42.5 Å². The second-order valence-corrected chi connectivity index (χ2v) is 5.41. The largest absolute Gasteiger partial charge is 0.456 e. The van der Waals surface area contributed by atoms with E-state index in [9.17, 15) is 0 Å². The van der Waals surface area contributed by atoms with Crippen LogP contribution in [0.5, 0.6) is 11.5 Å². The molecule has 0 aliphatic heterocycles. The monoisotopic (exact) mass is 278 g/mol. The van der Waals surface area contributed by atoms with Crippen molar-refractivity contribution in [1.82, 2.24) is 4.98 Å². The van der Waals surface area contributed by atoms with Crippen LogP contribution in [0.25, 0.3) is 10.9 Å². The summed E-state index contributed by atoms with van der Waals surface area (Å²) in [7, 11) is 0. The fraction of sp³-hybridized carbons (Fsp3) is 0.167. The normalized spacial score (nSPS) is 10.8. The zero-order valence-electron chi connectivity index (χ0n) is 12.5. The van der Waals surface area contributed by atoms with Gasteiger partial charge in [-0.15, -0.1) is 0 Å². The average molecular weight is 278 g/mol. The maximum atomic E-state index is 6.12. The third-order valence-electron chi connectivity index (χ3n) is 3.47. The third kappa shape index (κ3) is 2.68. The molecule has 0 saturated carbocycles. The Labute approximate surface area is 124 Å². The molecule has 1 heterocycles. The number of benzene rings is 2. The lowest BCUT2D eigenvalue weighted by Gasteiger charge is -2.12. The first-order chi connectivity index (χ1) is 10.0. The van der Waals surface area contributed by atoms with Crippen molar-refractivity contribution in [2.45, 2.75) is 20.8 Å². The van der Waals surface area contributed by atoms with Crippen LogP contribution in [0.3, 0.4) is 0 Å². The van der Waals surface area contributed by atoms with Crippen molar-refractivity contribution in [3.63, 3.8) is 0 Å². The second-order valence-electron chi connectivity index (χ2n) is 5.41. The molecule has 0 unspecified atom stereocenters. The van der Waals surface area contributed by atoms with E-state index >= 15 is 0 Å². The highest BCUT2D eigenvalue weighted by molar-refractivity contribution is 5.88. The van der Waals surface area contributed by atoms with Crippen LogP contribution in [0.4, 0.5) is 5.69 Å². The smallest absolute Gasteiger partial charge is 0.138 e. The molecule has 0 aliphatic carbocycles. The van der Waals surface area contributed by atoms with E-state index in [4.69, 9.17) is 10.5 Å². The zero-order valence-corrected chi connectivity index (χ0v) is 12.5. The van der Waals surface area contributed by atoms with Crippen LogP contribution < -0.4 is 10.5 Å². The fourth-order valence-corrected chi connectivity index (χ4v) is 2.45. The van der Waals surface area contributed by atoms with Gasteiger partial charge >= 0.3 is 0 Å². The number of rotatable bonds is 2. The standard InChI is InChI=1S/C18H18N2O/c1-11-4-7-17(12(2)8-11)21-18-9-13(3)20-16-6-5-14(19)10-15(16)18/h4-10H,19H2,1-3H3. The molecule has 3 rings (SSSR count). The van der Waals surface area contributed by atoms with Crippen molar-refractivity contribution < 1.29 is 4.74 Å². The number of nitrogens with zero attached hydrogens (tertiary/aromatic N) is 1. The molecule has 21 heavy (non-hydrogen) atoms. The first-order valence-corrected chi connectivity index (χ1v) is 6.95. The van der Waals surface area contributed by atoms with Gasteiger partial charge in [0.15, 0.2) is 0 Å². The van der Waals surface area contributed by atoms with E-state index in [1.165, 1.54) is 5.56 Å². The summed E-state index contributed by atoms with van der Waals surface area (Å²) in [4.78, 5) is 4.52. The predicted octanol–water partition coefficient (Wildman–Crippen LogP) is 4.53. The highest BCUT2D eigenvalue weighted by Gasteiger charge is 2.08. The minimum absolute atomic E-state index is 0.707. The first-order valence-electron chi connectivity index (χ1n) is 6.95. The molecule has 0 spiro atoms. The number of nitrogen functional groups attached to an aromatic ring is 1. The molecular weight excluding hydrogens is 260 g/mol. The van der Waals surface area contributed by atoms with Crippen molar-refractivity contribution in [2.75, 3.05) is 5.73 Å². The number of fused-ring (bicyclic) bond motifs is 1. The van der Waals surface area contributed by atoms with Gasteiger partial charge in [0.2, 0.25) is 0 Å². The van der Waals surface area contributed by atoms with Crippen molar-refractivity contribution in [3.8, 4) is 11.5 Å². The van der Waals surface area contributed by atoms with Crippen molar-refractivity contribution in [1.29, 1.82) is 0 Å². The molecule has 2 aromatic carbocycles. The van der Waals surface area contributed by atoms with Gasteiger partial charge in [-0.2, -0.15) is 0 Å². The topological polar surface area (TPSA) is 48.1 Å². The van der Waals surface area contributed by atoms with Crippen LogP contribution in [-0.4, -0.2) is 4.98 Å². The molecule has 3 heteroatoms. The molecule has 2 N–H and O–H groups in total. The summed E-state index contributed by atoms with van der Waals surface area (Å²) >= 11 is 0. The van der Waals surface area contributed by atoms with Crippen molar-refractivity contribution in [2.24, 2.45) is 0 Å².